The van der Waals surface area contributed by atoms with Crippen molar-refractivity contribution < 1.29 is 14.1 Å². The van der Waals surface area contributed by atoms with E-state index in [0.717, 1.165) is 19.3 Å². The zero-order valence-electron chi connectivity index (χ0n) is 12.3. The zero-order valence-corrected chi connectivity index (χ0v) is 12.3. The molecule has 8 heteroatoms. The van der Waals surface area contributed by atoms with Crippen LogP contribution in [0.15, 0.2) is 23.1 Å². The van der Waals surface area contributed by atoms with Gasteiger partial charge >= 0.3 is 0 Å². The van der Waals surface area contributed by atoms with Crippen molar-refractivity contribution in [1.82, 2.24) is 25.0 Å². The number of carbonyl (C=O) groups is 1. The summed E-state index contributed by atoms with van der Waals surface area (Å²) in [6, 6.07) is -0.221. The largest absolute Gasteiger partial charge is 0.377 e. The number of ether oxygens (including phenoxy) is 1. The second-order valence-electron chi connectivity index (χ2n) is 5.08. The van der Waals surface area contributed by atoms with Crippen LogP contribution in [0.3, 0.4) is 0 Å². The molecule has 0 aromatic carbocycles. The average Bonchev–Trinajstić information content (AvgIpc) is 3.04. The highest BCUT2D eigenvalue weighted by Gasteiger charge is 2.33. The van der Waals surface area contributed by atoms with Gasteiger partial charge in [0.25, 0.3) is 5.91 Å². The van der Waals surface area contributed by atoms with Gasteiger partial charge in [-0.05, 0) is 19.3 Å². The topological polar surface area (TPSA) is 94.2 Å². The number of methoxy groups -OCH3 is 1. The van der Waals surface area contributed by atoms with E-state index in [-0.39, 0.29) is 18.6 Å². The van der Waals surface area contributed by atoms with Crippen molar-refractivity contribution in [3.63, 3.8) is 0 Å². The third-order valence-electron chi connectivity index (χ3n) is 3.59. The molecule has 0 N–H and O–H groups in total. The predicted molar refractivity (Wildman–Crippen MR) is 74.7 cm³/mol. The van der Waals surface area contributed by atoms with Crippen LogP contribution in [-0.2, 0) is 11.3 Å². The molecule has 0 unspecified atom stereocenters. The van der Waals surface area contributed by atoms with Crippen LogP contribution in [0.1, 0.15) is 47.5 Å². The summed E-state index contributed by atoms with van der Waals surface area (Å²) in [7, 11) is 1.57. The molecule has 8 nitrogen and oxygen atoms in total. The third-order valence-corrected chi connectivity index (χ3v) is 3.59. The predicted octanol–water partition coefficient (Wildman–Crippen LogP) is 1.37. The van der Waals surface area contributed by atoms with Crippen LogP contribution in [0.2, 0.25) is 0 Å². The Bertz CT molecular complexity index is 630. The van der Waals surface area contributed by atoms with E-state index in [2.05, 4.69) is 20.1 Å². The van der Waals surface area contributed by atoms with Crippen molar-refractivity contribution in [3.8, 4) is 0 Å². The molecule has 22 heavy (non-hydrogen) atoms. The number of hydrogen-bond acceptors (Lipinski definition) is 7. The molecule has 0 saturated carbocycles. The van der Waals surface area contributed by atoms with Gasteiger partial charge in [0.15, 0.2) is 5.82 Å². The molecule has 3 heterocycles. The van der Waals surface area contributed by atoms with E-state index >= 15 is 0 Å². The van der Waals surface area contributed by atoms with Gasteiger partial charge in [-0.25, -0.2) is 4.98 Å². The van der Waals surface area contributed by atoms with Crippen LogP contribution >= 0.6 is 0 Å². The maximum absolute atomic E-state index is 12.6. The highest BCUT2D eigenvalue weighted by atomic mass is 16.5. The molecule has 1 aliphatic rings. The fraction of sp³-hybridized carbons (Fsp3) is 0.500. The highest BCUT2D eigenvalue weighted by molar-refractivity contribution is 5.92. The smallest absolute Gasteiger partial charge is 0.274 e. The molecule has 1 saturated heterocycles. The Balaban J connectivity index is 1.83. The fourth-order valence-electron chi connectivity index (χ4n) is 2.58. The molecule has 1 aliphatic heterocycles. The van der Waals surface area contributed by atoms with E-state index in [1.165, 1.54) is 12.4 Å². The van der Waals surface area contributed by atoms with Crippen LogP contribution in [-0.4, -0.2) is 44.6 Å². The molecular formula is C14H17N5O3. The van der Waals surface area contributed by atoms with Crippen LogP contribution < -0.4 is 0 Å². The fourth-order valence-corrected chi connectivity index (χ4v) is 2.58. The van der Waals surface area contributed by atoms with E-state index in [1.807, 2.05) is 0 Å². The summed E-state index contributed by atoms with van der Waals surface area (Å²) in [5.41, 5.74) is 0.325. The SMILES string of the molecule is COCc1noc([C@H]2CCCCN2C(=O)c2cnccn2)n1. The van der Waals surface area contributed by atoms with Crippen LogP contribution in [0, 0.1) is 0 Å². The molecule has 0 spiro atoms. The monoisotopic (exact) mass is 303 g/mol. The Hall–Kier alpha value is -2.35. The Kier molecular flexibility index (Phi) is 4.38. The Morgan fingerprint density at radius 3 is 3.14 bits per heavy atom. The van der Waals surface area contributed by atoms with Crippen molar-refractivity contribution in [3.05, 3.63) is 36.0 Å². The quantitative estimate of drug-likeness (QED) is 0.842. The lowest BCUT2D eigenvalue weighted by Crippen LogP contribution is -2.39. The second-order valence-corrected chi connectivity index (χ2v) is 5.08. The van der Waals surface area contributed by atoms with Gasteiger partial charge in [0, 0.05) is 26.0 Å². The summed E-state index contributed by atoms with van der Waals surface area (Å²) in [5.74, 6) is 0.767. The van der Waals surface area contributed by atoms with Gasteiger partial charge in [0.2, 0.25) is 5.89 Å². The molecule has 0 aliphatic carbocycles. The number of rotatable bonds is 4. The molecule has 2 aromatic heterocycles. The summed E-state index contributed by atoms with van der Waals surface area (Å²) < 4.78 is 10.3. The minimum absolute atomic E-state index is 0.163. The van der Waals surface area contributed by atoms with Crippen LogP contribution in [0.4, 0.5) is 0 Å². The number of nitrogens with zero attached hydrogens (tertiary/aromatic N) is 5. The number of aromatic nitrogens is 4. The molecule has 1 fully saturated rings. The molecular weight excluding hydrogens is 286 g/mol. The summed E-state index contributed by atoms with van der Waals surface area (Å²) in [6.07, 6.45) is 7.27. The summed E-state index contributed by atoms with van der Waals surface area (Å²) >= 11 is 0. The van der Waals surface area contributed by atoms with E-state index in [1.54, 1.807) is 18.2 Å². The van der Waals surface area contributed by atoms with Gasteiger partial charge in [-0.1, -0.05) is 5.16 Å². The first kappa shape index (κ1) is 14.6. The lowest BCUT2D eigenvalue weighted by atomic mass is 10.0. The van der Waals surface area contributed by atoms with Gasteiger partial charge in [0.1, 0.15) is 18.3 Å². The molecule has 1 amide bonds. The lowest BCUT2D eigenvalue weighted by Gasteiger charge is -2.33. The number of likely N-dealkylation sites (tertiary alicyclic amines) is 1. The van der Waals surface area contributed by atoms with Gasteiger partial charge in [-0.15, -0.1) is 0 Å². The summed E-state index contributed by atoms with van der Waals surface area (Å²) in [6.45, 7) is 0.927. The van der Waals surface area contributed by atoms with Crippen molar-refractivity contribution in [1.29, 1.82) is 0 Å². The maximum atomic E-state index is 12.6. The van der Waals surface area contributed by atoms with E-state index in [4.69, 9.17) is 9.26 Å². The van der Waals surface area contributed by atoms with Crippen LogP contribution in [0.5, 0.6) is 0 Å². The average molecular weight is 303 g/mol. The third kappa shape index (κ3) is 2.96. The van der Waals surface area contributed by atoms with Gasteiger partial charge in [0.05, 0.1) is 6.20 Å². The standard InChI is InChI=1S/C14H17N5O3/c1-21-9-12-17-13(22-18-12)11-4-2-3-7-19(11)14(20)10-8-15-5-6-16-10/h5-6,8,11H,2-4,7,9H2,1H3/t11-/m1/s1. The molecule has 0 radical (unpaired) electrons. The minimum atomic E-state index is -0.221. The van der Waals surface area contributed by atoms with Crippen molar-refractivity contribution in [2.45, 2.75) is 31.9 Å². The minimum Gasteiger partial charge on any atom is -0.377 e. The second kappa shape index (κ2) is 6.61. The number of piperidine rings is 1. The number of amides is 1. The zero-order chi connectivity index (χ0) is 15.4. The Morgan fingerprint density at radius 2 is 2.36 bits per heavy atom. The van der Waals surface area contributed by atoms with E-state index in [0.29, 0.717) is 24.0 Å². The van der Waals surface area contributed by atoms with Crippen molar-refractivity contribution in [2.24, 2.45) is 0 Å². The lowest BCUT2D eigenvalue weighted by molar-refractivity contribution is 0.0555. The van der Waals surface area contributed by atoms with Gasteiger partial charge in [-0.3, -0.25) is 9.78 Å². The Labute approximate surface area is 127 Å². The Morgan fingerprint density at radius 1 is 1.45 bits per heavy atom. The molecule has 0 bridgehead atoms. The highest BCUT2D eigenvalue weighted by Crippen LogP contribution is 2.30. The van der Waals surface area contributed by atoms with E-state index in [9.17, 15) is 4.79 Å². The van der Waals surface area contributed by atoms with Crippen LogP contribution in [0.25, 0.3) is 0 Å². The van der Waals surface area contributed by atoms with Gasteiger partial charge < -0.3 is 14.2 Å². The molecule has 2 aromatic rings. The number of hydrogen-bond donors (Lipinski definition) is 0. The summed E-state index contributed by atoms with van der Waals surface area (Å²) in [4.78, 5) is 26.7. The van der Waals surface area contributed by atoms with Gasteiger partial charge in [-0.2, -0.15) is 4.98 Å². The normalized spacial score (nSPS) is 18.4. The number of carbonyl (C=O) groups excluding carboxylic acids is 1. The maximum Gasteiger partial charge on any atom is 0.274 e. The van der Waals surface area contributed by atoms with Crippen molar-refractivity contribution >= 4 is 5.91 Å². The van der Waals surface area contributed by atoms with Crippen molar-refractivity contribution in [2.75, 3.05) is 13.7 Å². The molecule has 3 rings (SSSR count). The molecule has 1 atom stereocenters. The van der Waals surface area contributed by atoms with E-state index < -0.39 is 0 Å². The summed E-state index contributed by atoms with van der Waals surface area (Å²) in [5, 5.41) is 3.87. The first-order valence-electron chi connectivity index (χ1n) is 7.18. The first-order chi connectivity index (χ1) is 10.8. The first-order valence-corrected chi connectivity index (χ1v) is 7.18. The molecule has 116 valence electrons.